The largest absolute Gasteiger partial charge is 0.303 e. The number of hydrogen-bond acceptors (Lipinski definition) is 2. The molecule has 1 aliphatic rings. The SMILES string of the molecule is C1=CC(c2ncn3ccncc23)=C1. The van der Waals surface area contributed by atoms with Crippen LogP contribution in [0.5, 0.6) is 0 Å². The summed E-state index contributed by atoms with van der Waals surface area (Å²) >= 11 is 0. The van der Waals surface area contributed by atoms with Gasteiger partial charge in [0, 0.05) is 18.0 Å². The fraction of sp³-hybridized carbons (Fsp3) is 0. The molecule has 0 atom stereocenters. The van der Waals surface area contributed by atoms with Crippen LogP contribution in [0, 0.1) is 0 Å². The minimum Gasteiger partial charge on any atom is -0.303 e. The highest BCUT2D eigenvalue weighted by atomic mass is 15.0. The Morgan fingerprint density at radius 2 is 2.23 bits per heavy atom. The van der Waals surface area contributed by atoms with E-state index in [1.165, 1.54) is 5.57 Å². The molecule has 0 aliphatic heterocycles. The highest BCUT2D eigenvalue weighted by Gasteiger charge is 2.09. The average Bonchev–Trinajstić information content (AvgIpc) is 2.47. The van der Waals surface area contributed by atoms with Crippen molar-refractivity contribution in [2.75, 3.05) is 0 Å². The van der Waals surface area contributed by atoms with Gasteiger partial charge in [0.15, 0.2) is 0 Å². The number of fused-ring (bicyclic) bond motifs is 1. The molecule has 0 spiro atoms. The number of hydrogen-bond donors (Lipinski definition) is 0. The summed E-state index contributed by atoms with van der Waals surface area (Å²) in [6.07, 6.45) is 13.4. The van der Waals surface area contributed by atoms with Gasteiger partial charge in [-0.15, -0.1) is 0 Å². The summed E-state index contributed by atoms with van der Waals surface area (Å²) in [7, 11) is 0. The van der Waals surface area contributed by atoms with Crippen molar-refractivity contribution in [2.45, 2.75) is 0 Å². The Bertz CT molecular complexity index is 520. The maximum Gasteiger partial charge on any atom is 0.100 e. The molecule has 2 aromatic rings. The zero-order valence-corrected chi connectivity index (χ0v) is 6.88. The summed E-state index contributed by atoms with van der Waals surface area (Å²) in [4.78, 5) is 8.40. The van der Waals surface area contributed by atoms with Crippen LogP contribution in [0.3, 0.4) is 0 Å². The molecule has 0 amide bonds. The highest BCUT2D eigenvalue weighted by Crippen LogP contribution is 2.23. The average molecular weight is 169 g/mol. The van der Waals surface area contributed by atoms with Crippen molar-refractivity contribution in [2.24, 2.45) is 0 Å². The molecule has 0 radical (unpaired) electrons. The second-order valence-electron chi connectivity index (χ2n) is 2.94. The van der Waals surface area contributed by atoms with Crippen LogP contribution in [0.25, 0.3) is 11.1 Å². The van der Waals surface area contributed by atoms with E-state index >= 15 is 0 Å². The number of nitrogens with zero attached hydrogens (tertiary/aromatic N) is 3. The first-order chi connectivity index (χ1) is 6.45. The third-order valence-electron chi connectivity index (χ3n) is 2.17. The highest BCUT2D eigenvalue weighted by molar-refractivity contribution is 5.86. The molecule has 3 nitrogen and oxygen atoms in total. The second-order valence-corrected chi connectivity index (χ2v) is 2.94. The van der Waals surface area contributed by atoms with Gasteiger partial charge < -0.3 is 4.40 Å². The van der Waals surface area contributed by atoms with E-state index in [2.05, 4.69) is 22.1 Å². The Kier molecular flexibility index (Phi) is 1.16. The van der Waals surface area contributed by atoms with Gasteiger partial charge >= 0.3 is 0 Å². The third kappa shape index (κ3) is 0.839. The van der Waals surface area contributed by atoms with Crippen LogP contribution >= 0.6 is 0 Å². The fourth-order valence-corrected chi connectivity index (χ4v) is 1.41. The molecule has 0 saturated heterocycles. The van der Waals surface area contributed by atoms with Crippen LogP contribution in [0.15, 0.2) is 43.1 Å². The molecule has 0 bridgehead atoms. The van der Waals surface area contributed by atoms with Crippen LogP contribution in [0.2, 0.25) is 0 Å². The molecule has 0 aromatic carbocycles. The Balaban J connectivity index is 2.29. The van der Waals surface area contributed by atoms with Crippen molar-refractivity contribution in [3.8, 4) is 0 Å². The zero-order chi connectivity index (χ0) is 8.67. The first-order valence-electron chi connectivity index (χ1n) is 4.10. The van der Waals surface area contributed by atoms with E-state index < -0.39 is 0 Å². The van der Waals surface area contributed by atoms with Crippen molar-refractivity contribution in [1.82, 2.24) is 14.4 Å². The first-order valence-corrected chi connectivity index (χ1v) is 4.10. The minimum absolute atomic E-state index is 1.01. The van der Waals surface area contributed by atoms with Gasteiger partial charge in [-0.2, -0.15) is 0 Å². The van der Waals surface area contributed by atoms with Gasteiger partial charge in [0.25, 0.3) is 0 Å². The Labute approximate surface area is 75.1 Å². The standard InChI is InChI=1S/C10H7N3/c1-2-8(3-1)10-9-6-11-4-5-13(9)7-12-10/h1-7H. The van der Waals surface area contributed by atoms with Crippen LogP contribution in [-0.2, 0) is 0 Å². The summed E-state index contributed by atoms with van der Waals surface area (Å²) < 4.78 is 1.97. The van der Waals surface area contributed by atoms with Crippen molar-refractivity contribution in [1.29, 1.82) is 0 Å². The quantitative estimate of drug-likeness (QED) is 0.650. The van der Waals surface area contributed by atoms with Gasteiger partial charge in [-0.3, -0.25) is 4.98 Å². The third-order valence-corrected chi connectivity index (χ3v) is 2.17. The van der Waals surface area contributed by atoms with Crippen molar-refractivity contribution in [3.05, 3.63) is 48.8 Å². The second kappa shape index (κ2) is 2.29. The molecule has 0 fully saturated rings. The van der Waals surface area contributed by atoms with Crippen LogP contribution in [0.4, 0.5) is 0 Å². The fourth-order valence-electron chi connectivity index (χ4n) is 1.41. The van der Waals surface area contributed by atoms with E-state index in [0.29, 0.717) is 0 Å². The van der Waals surface area contributed by atoms with Crippen molar-refractivity contribution in [3.63, 3.8) is 0 Å². The predicted octanol–water partition coefficient (Wildman–Crippen LogP) is 1.68. The topological polar surface area (TPSA) is 30.2 Å². The first kappa shape index (κ1) is 6.60. The lowest BCUT2D eigenvalue weighted by Crippen LogP contribution is -1.88. The van der Waals surface area contributed by atoms with E-state index in [-0.39, 0.29) is 0 Å². The monoisotopic (exact) mass is 169 g/mol. The summed E-state index contributed by atoms with van der Waals surface area (Å²) in [6, 6.07) is 0. The molecular weight excluding hydrogens is 162 g/mol. The molecule has 2 aromatic heterocycles. The van der Waals surface area contributed by atoms with Gasteiger partial charge in [0.2, 0.25) is 0 Å². The molecule has 62 valence electrons. The molecule has 1 aliphatic carbocycles. The Morgan fingerprint density at radius 1 is 1.31 bits per heavy atom. The molecule has 3 rings (SSSR count). The zero-order valence-electron chi connectivity index (χ0n) is 6.88. The summed E-state index contributed by atoms with van der Waals surface area (Å²) in [5, 5.41) is 0. The van der Waals surface area contributed by atoms with E-state index in [0.717, 1.165) is 11.2 Å². The lowest BCUT2D eigenvalue weighted by molar-refractivity contribution is 1.11. The molecule has 3 heteroatoms. The Morgan fingerprint density at radius 3 is 3.00 bits per heavy atom. The molecule has 0 N–H and O–H groups in total. The van der Waals surface area contributed by atoms with Gasteiger partial charge in [0.05, 0.1) is 17.4 Å². The van der Waals surface area contributed by atoms with Gasteiger partial charge in [-0.05, 0) is 0 Å². The summed E-state index contributed by atoms with van der Waals surface area (Å²) in [6.45, 7) is 0. The maximum absolute atomic E-state index is 4.32. The van der Waals surface area contributed by atoms with E-state index in [1.807, 2.05) is 22.9 Å². The predicted molar refractivity (Wildman–Crippen MR) is 50.1 cm³/mol. The maximum atomic E-state index is 4.32. The number of aromatic nitrogens is 3. The lowest BCUT2D eigenvalue weighted by Gasteiger charge is -2.03. The smallest absolute Gasteiger partial charge is 0.100 e. The van der Waals surface area contributed by atoms with Crippen LogP contribution in [0.1, 0.15) is 5.69 Å². The lowest BCUT2D eigenvalue weighted by atomic mass is 10.1. The molecule has 13 heavy (non-hydrogen) atoms. The van der Waals surface area contributed by atoms with Gasteiger partial charge in [0.1, 0.15) is 6.33 Å². The number of allylic oxidation sites excluding steroid dienone is 4. The summed E-state index contributed by atoms with van der Waals surface area (Å²) in [5.41, 5.74) is 3.24. The normalized spacial score (nSPS) is 14.3. The van der Waals surface area contributed by atoms with Crippen molar-refractivity contribution < 1.29 is 0 Å². The van der Waals surface area contributed by atoms with Crippen LogP contribution < -0.4 is 0 Å². The van der Waals surface area contributed by atoms with E-state index in [9.17, 15) is 0 Å². The van der Waals surface area contributed by atoms with Crippen molar-refractivity contribution >= 4 is 11.1 Å². The molecule has 2 heterocycles. The molecular formula is C10H7N3. The number of rotatable bonds is 1. The van der Waals surface area contributed by atoms with Gasteiger partial charge in [-0.1, -0.05) is 18.2 Å². The van der Waals surface area contributed by atoms with E-state index in [4.69, 9.17) is 0 Å². The molecule has 0 saturated carbocycles. The molecule has 0 unspecified atom stereocenters. The Hall–Kier alpha value is -1.90. The van der Waals surface area contributed by atoms with E-state index in [1.54, 1.807) is 12.5 Å². The number of imidazole rings is 1. The summed E-state index contributed by atoms with van der Waals surface area (Å²) in [5.74, 6) is 0. The van der Waals surface area contributed by atoms with Gasteiger partial charge in [-0.25, -0.2) is 4.98 Å². The minimum atomic E-state index is 1.01. The van der Waals surface area contributed by atoms with Crippen LogP contribution in [-0.4, -0.2) is 14.4 Å².